The Kier molecular flexibility index (Phi) is 4.09. The molecule has 1 aromatic heterocycles. The molecule has 6 nitrogen and oxygen atoms in total. The highest BCUT2D eigenvalue weighted by molar-refractivity contribution is 6.07. The fraction of sp³-hybridized carbons (Fsp3) is 0.444. The van der Waals surface area contributed by atoms with Gasteiger partial charge in [-0.1, -0.05) is 12.1 Å². The van der Waals surface area contributed by atoms with Crippen LogP contribution in [-0.2, 0) is 9.53 Å². The Morgan fingerprint density at radius 2 is 2.12 bits per heavy atom. The highest BCUT2D eigenvalue weighted by Gasteiger charge is 2.46. The number of carboxylic acid groups (broad SMARTS) is 1. The number of benzene rings is 1. The number of fused-ring (bicyclic) bond motifs is 1. The number of aryl methyl sites for hydroxylation is 2. The number of para-hydroxylation sites is 1. The summed E-state index contributed by atoms with van der Waals surface area (Å²) in [7, 11) is 1.49. The van der Waals surface area contributed by atoms with Crippen molar-refractivity contribution in [1.29, 1.82) is 0 Å². The van der Waals surface area contributed by atoms with Gasteiger partial charge >= 0.3 is 5.97 Å². The summed E-state index contributed by atoms with van der Waals surface area (Å²) in [5.74, 6) is -1.05. The number of methoxy groups -OCH3 is 1. The largest absolute Gasteiger partial charge is 0.481 e. The molecule has 0 aliphatic carbocycles. The first kappa shape index (κ1) is 16.5. The first-order chi connectivity index (χ1) is 11.4. The van der Waals surface area contributed by atoms with Gasteiger partial charge in [0.1, 0.15) is 5.41 Å². The normalized spacial score (nSPS) is 20.7. The summed E-state index contributed by atoms with van der Waals surface area (Å²) in [5.41, 5.74) is 2.55. The van der Waals surface area contributed by atoms with Crippen molar-refractivity contribution in [2.75, 3.05) is 26.8 Å². The number of ether oxygens (including phenoxy) is 1. The summed E-state index contributed by atoms with van der Waals surface area (Å²) in [6, 6.07) is 5.64. The van der Waals surface area contributed by atoms with Gasteiger partial charge in [-0.15, -0.1) is 0 Å². The smallest absolute Gasteiger partial charge is 0.313 e. The predicted molar refractivity (Wildman–Crippen MR) is 90.2 cm³/mol. The summed E-state index contributed by atoms with van der Waals surface area (Å²) in [6.45, 7) is 4.70. The summed E-state index contributed by atoms with van der Waals surface area (Å²) in [4.78, 5) is 29.5. The van der Waals surface area contributed by atoms with Crippen LogP contribution in [0.3, 0.4) is 0 Å². The Morgan fingerprint density at radius 3 is 2.79 bits per heavy atom. The minimum absolute atomic E-state index is 0.108. The van der Waals surface area contributed by atoms with Crippen molar-refractivity contribution in [3.8, 4) is 0 Å². The van der Waals surface area contributed by atoms with E-state index in [2.05, 4.69) is 4.98 Å². The molecule has 3 rings (SSSR count). The fourth-order valence-corrected chi connectivity index (χ4v) is 3.51. The standard InChI is InChI=1S/C18H22N2O4/c1-11-12(2)19-15-13(11)5-4-6-14(15)16(21)20-8-7-18(9-20,10-24-3)17(22)23/h4-6,19H,7-10H2,1-3H3,(H,22,23). The zero-order valence-electron chi connectivity index (χ0n) is 14.2. The molecule has 1 atom stereocenters. The third-order valence-electron chi connectivity index (χ3n) is 5.09. The SMILES string of the molecule is COCC1(C(=O)O)CCN(C(=O)c2cccc3c(C)c(C)[nH]c23)C1. The van der Waals surface area contributed by atoms with Crippen LogP contribution in [0, 0.1) is 19.3 Å². The lowest BCUT2D eigenvalue weighted by molar-refractivity contribution is -0.151. The number of hydrogen-bond donors (Lipinski definition) is 2. The number of nitrogens with one attached hydrogen (secondary N) is 1. The summed E-state index contributed by atoms with van der Waals surface area (Å²) >= 11 is 0. The Morgan fingerprint density at radius 1 is 1.38 bits per heavy atom. The minimum Gasteiger partial charge on any atom is -0.481 e. The van der Waals surface area contributed by atoms with Crippen molar-refractivity contribution in [3.05, 3.63) is 35.0 Å². The van der Waals surface area contributed by atoms with Crippen LogP contribution in [0.25, 0.3) is 10.9 Å². The van der Waals surface area contributed by atoms with Gasteiger partial charge in [0, 0.05) is 31.3 Å². The maximum Gasteiger partial charge on any atom is 0.313 e. The highest BCUT2D eigenvalue weighted by Crippen LogP contribution is 2.33. The van der Waals surface area contributed by atoms with Crippen LogP contribution in [0.15, 0.2) is 18.2 Å². The van der Waals surface area contributed by atoms with Crippen molar-refractivity contribution in [2.45, 2.75) is 20.3 Å². The quantitative estimate of drug-likeness (QED) is 0.901. The maximum atomic E-state index is 13.0. The molecular weight excluding hydrogens is 308 g/mol. The van der Waals surface area contributed by atoms with Crippen LogP contribution in [-0.4, -0.2) is 53.7 Å². The molecule has 2 N–H and O–H groups in total. The van der Waals surface area contributed by atoms with E-state index in [4.69, 9.17) is 4.74 Å². The van der Waals surface area contributed by atoms with Crippen LogP contribution in [0.1, 0.15) is 28.0 Å². The van der Waals surface area contributed by atoms with Gasteiger partial charge in [0.05, 0.1) is 17.7 Å². The summed E-state index contributed by atoms with van der Waals surface area (Å²) < 4.78 is 5.09. The third kappa shape index (κ3) is 2.47. The Labute approximate surface area is 140 Å². The van der Waals surface area contributed by atoms with Crippen LogP contribution >= 0.6 is 0 Å². The number of carbonyl (C=O) groups is 2. The lowest BCUT2D eigenvalue weighted by atomic mass is 9.88. The van der Waals surface area contributed by atoms with Crippen molar-refractivity contribution < 1.29 is 19.4 Å². The molecule has 1 saturated heterocycles. The zero-order chi connectivity index (χ0) is 17.5. The second-order valence-corrected chi connectivity index (χ2v) is 6.60. The molecule has 0 radical (unpaired) electrons. The minimum atomic E-state index is -1.01. The molecule has 1 aliphatic rings. The lowest BCUT2D eigenvalue weighted by Crippen LogP contribution is -2.40. The number of carboxylic acids is 1. The molecule has 1 amide bonds. The van der Waals surface area contributed by atoms with Crippen LogP contribution in [0.5, 0.6) is 0 Å². The monoisotopic (exact) mass is 330 g/mol. The average molecular weight is 330 g/mol. The second kappa shape index (κ2) is 5.94. The first-order valence-electron chi connectivity index (χ1n) is 7.99. The van der Waals surface area contributed by atoms with E-state index in [1.54, 1.807) is 11.0 Å². The number of aliphatic carboxylic acids is 1. The number of likely N-dealkylation sites (tertiary alicyclic amines) is 1. The van der Waals surface area contributed by atoms with E-state index >= 15 is 0 Å². The lowest BCUT2D eigenvalue weighted by Gasteiger charge is -2.24. The number of hydrogen-bond acceptors (Lipinski definition) is 3. The first-order valence-corrected chi connectivity index (χ1v) is 7.99. The Balaban J connectivity index is 1.94. The molecule has 1 unspecified atom stereocenters. The van der Waals surface area contributed by atoms with Crippen molar-refractivity contribution >= 4 is 22.8 Å². The number of rotatable bonds is 4. The van der Waals surface area contributed by atoms with E-state index in [1.807, 2.05) is 26.0 Å². The van der Waals surface area contributed by atoms with E-state index in [0.717, 1.165) is 22.2 Å². The Bertz CT molecular complexity index is 811. The third-order valence-corrected chi connectivity index (χ3v) is 5.09. The molecule has 24 heavy (non-hydrogen) atoms. The van der Waals surface area contributed by atoms with Crippen LogP contribution in [0.4, 0.5) is 0 Å². The van der Waals surface area contributed by atoms with Gasteiger partial charge in [0.25, 0.3) is 5.91 Å². The molecule has 0 bridgehead atoms. The zero-order valence-corrected chi connectivity index (χ0v) is 14.2. The number of amides is 1. The van der Waals surface area contributed by atoms with E-state index in [-0.39, 0.29) is 19.1 Å². The second-order valence-electron chi connectivity index (χ2n) is 6.60. The molecule has 0 spiro atoms. The molecular formula is C18H22N2O4. The van der Waals surface area contributed by atoms with Gasteiger partial charge in [-0.3, -0.25) is 9.59 Å². The predicted octanol–water partition coefficient (Wildman–Crippen LogP) is 2.35. The summed E-state index contributed by atoms with van der Waals surface area (Å²) in [5, 5.41) is 10.6. The maximum absolute atomic E-state index is 13.0. The van der Waals surface area contributed by atoms with Crippen LogP contribution in [0.2, 0.25) is 0 Å². The number of aromatic amines is 1. The van der Waals surface area contributed by atoms with Gasteiger partial charge < -0.3 is 19.7 Å². The van der Waals surface area contributed by atoms with Gasteiger partial charge in [0.2, 0.25) is 0 Å². The molecule has 128 valence electrons. The molecule has 2 aromatic rings. The van der Waals surface area contributed by atoms with Gasteiger partial charge in [0.15, 0.2) is 0 Å². The number of nitrogens with zero attached hydrogens (tertiary/aromatic N) is 1. The van der Waals surface area contributed by atoms with Crippen molar-refractivity contribution in [1.82, 2.24) is 9.88 Å². The van der Waals surface area contributed by atoms with E-state index < -0.39 is 11.4 Å². The van der Waals surface area contributed by atoms with E-state index in [1.165, 1.54) is 7.11 Å². The molecule has 1 aromatic carbocycles. The molecule has 1 fully saturated rings. The van der Waals surface area contributed by atoms with Crippen molar-refractivity contribution in [3.63, 3.8) is 0 Å². The van der Waals surface area contributed by atoms with Gasteiger partial charge in [-0.25, -0.2) is 0 Å². The molecule has 0 saturated carbocycles. The van der Waals surface area contributed by atoms with Crippen LogP contribution < -0.4 is 0 Å². The molecule has 6 heteroatoms. The Hall–Kier alpha value is -2.34. The van der Waals surface area contributed by atoms with E-state index in [9.17, 15) is 14.7 Å². The topological polar surface area (TPSA) is 82.6 Å². The molecule has 2 heterocycles. The number of H-pyrrole nitrogens is 1. The average Bonchev–Trinajstić information content (AvgIpc) is 3.11. The summed E-state index contributed by atoms with van der Waals surface area (Å²) in [6.07, 6.45) is 0.403. The number of aromatic nitrogens is 1. The van der Waals surface area contributed by atoms with Crippen molar-refractivity contribution in [2.24, 2.45) is 5.41 Å². The van der Waals surface area contributed by atoms with Gasteiger partial charge in [-0.2, -0.15) is 0 Å². The number of carbonyl (C=O) groups excluding carboxylic acids is 1. The highest BCUT2D eigenvalue weighted by atomic mass is 16.5. The fourth-order valence-electron chi connectivity index (χ4n) is 3.51. The molecule has 1 aliphatic heterocycles. The van der Waals surface area contributed by atoms with Gasteiger partial charge in [-0.05, 0) is 31.9 Å². The van der Waals surface area contributed by atoms with E-state index in [0.29, 0.717) is 18.5 Å².